The topological polar surface area (TPSA) is 26.0 Å². The van der Waals surface area contributed by atoms with Crippen LogP contribution in [-0.2, 0) is 6.67 Å². The fourth-order valence-electron chi connectivity index (χ4n) is 3.52. The van der Waals surface area contributed by atoms with Crippen LogP contribution in [0.1, 0.15) is 19.8 Å². The molecule has 0 atom stereocenters. The van der Waals surface area contributed by atoms with E-state index in [1.54, 1.807) is 0 Å². The second-order valence-electron chi connectivity index (χ2n) is 7.23. The average Bonchev–Trinajstić information content (AvgIpc) is 3.01. The molecule has 1 saturated heterocycles. The van der Waals surface area contributed by atoms with E-state index in [9.17, 15) is 0 Å². The van der Waals surface area contributed by atoms with Gasteiger partial charge in [-0.25, -0.2) is 4.68 Å². The Labute approximate surface area is 173 Å². The Kier molecular flexibility index (Phi) is 5.57. The summed E-state index contributed by atoms with van der Waals surface area (Å²) in [5.74, 6) is 1.69. The predicted molar refractivity (Wildman–Crippen MR) is 115 cm³/mol. The van der Waals surface area contributed by atoms with E-state index in [1.165, 1.54) is 12.8 Å². The summed E-state index contributed by atoms with van der Waals surface area (Å²) >= 11 is 9.42. The van der Waals surface area contributed by atoms with Gasteiger partial charge in [-0.15, -0.1) is 5.10 Å². The van der Waals surface area contributed by atoms with E-state index in [4.69, 9.17) is 17.3 Å². The molecule has 0 unspecified atom stereocenters. The maximum atomic E-state index is 5.84. The smallest absolute Gasteiger partial charge is 0.204 e. The second-order valence-corrected chi connectivity index (χ2v) is 8.51. The third kappa shape index (κ3) is 4.08. The van der Waals surface area contributed by atoms with Gasteiger partial charge in [0.15, 0.2) is 5.82 Å². The van der Waals surface area contributed by atoms with E-state index < -0.39 is 0 Å². The quantitative estimate of drug-likeness (QED) is 0.497. The summed E-state index contributed by atoms with van der Waals surface area (Å²) in [5, 5.41) is 4.92. The Morgan fingerprint density at radius 1 is 1.07 bits per heavy atom. The Balaban J connectivity index is 1.76. The van der Waals surface area contributed by atoms with Crippen molar-refractivity contribution in [2.75, 3.05) is 13.1 Å². The Bertz CT molecular complexity index is 971. The molecule has 4 rings (SSSR count). The standard InChI is InChI=1S/C21H23BrN4S/c1-16-10-12-24(13-11-16)15-25-21(27)26(19-8-3-2-4-9-19)20(23-25)17-6-5-7-18(22)14-17/h2-9,14,16H,10-13,15H2,1H3. The summed E-state index contributed by atoms with van der Waals surface area (Å²) in [5.41, 5.74) is 2.08. The molecule has 2 aromatic carbocycles. The van der Waals surface area contributed by atoms with Crippen molar-refractivity contribution in [2.45, 2.75) is 26.4 Å². The van der Waals surface area contributed by atoms with Crippen molar-refractivity contribution in [3.8, 4) is 17.1 Å². The lowest BCUT2D eigenvalue weighted by Crippen LogP contribution is -2.34. The predicted octanol–water partition coefficient (Wildman–Crippen LogP) is 5.52. The fraction of sp³-hybridized carbons (Fsp3) is 0.333. The summed E-state index contributed by atoms with van der Waals surface area (Å²) in [4.78, 5) is 2.45. The third-order valence-corrected chi connectivity index (χ3v) is 6.03. The number of halogens is 1. The van der Waals surface area contributed by atoms with Gasteiger partial charge in [0.25, 0.3) is 0 Å². The molecule has 140 valence electrons. The first-order valence-electron chi connectivity index (χ1n) is 9.35. The van der Waals surface area contributed by atoms with Crippen molar-refractivity contribution in [3.05, 3.63) is 63.8 Å². The monoisotopic (exact) mass is 442 g/mol. The summed E-state index contributed by atoms with van der Waals surface area (Å²) in [6, 6.07) is 18.5. The Morgan fingerprint density at radius 2 is 1.81 bits per heavy atom. The van der Waals surface area contributed by atoms with Crippen molar-refractivity contribution in [1.29, 1.82) is 0 Å². The second kappa shape index (κ2) is 8.09. The van der Waals surface area contributed by atoms with Crippen LogP contribution in [-0.4, -0.2) is 32.3 Å². The van der Waals surface area contributed by atoms with Gasteiger partial charge in [-0.1, -0.05) is 53.2 Å². The molecule has 1 aromatic heterocycles. The van der Waals surface area contributed by atoms with Crippen molar-refractivity contribution in [1.82, 2.24) is 19.2 Å². The maximum Gasteiger partial charge on any atom is 0.204 e. The third-order valence-electron chi connectivity index (χ3n) is 5.15. The van der Waals surface area contributed by atoms with Crippen LogP contribution in [0.3, 0.4) is 0 Å². The van der Waals surface area contributed by atoms with E-state index >= 15 is 0 Å². The van der Waals surface area contributed by atoms with Crippen molar-refractivity contribution >= 4 is 28.1 Å². The van der Waals surface area contributed by atoms with Crippen LogP contribution in [0.2, 0.25) is 0 Å². The molecule has 0 N–H and O–H groups in total. The number of aromatic nitrogens is 3. The molecule has 6 heteroatoms. The molecule has 4 nitrogen and oxygen atoms in total. The zero-order chi connectivity index (χ0) is 18.8. The highest BCUT2D eigenvalue weighted by Gasteiger charge is 2.19. The number of hydrogen-bond donors (Lipinski definition) is 0. The molecule has 0 saturated carbocycles. The van der Waals surface area contributed by atoms with Crippen LogP contribution in [0.15, 0.2) is 59.1 Å². The zero-order valence-electron chi connectivity index (χ0n) is 15.4. The highest BCUT2D eigenvalue weighted by atomic mass is 79.9. The first-order valence-corrected chi connectivity index (χ1v) is 10.6. The molecule has 0 radical (unpaired) electrons. The van der Waals surface area contributed by atoms with E-state index in [0.717, 1.165) is 52.0 Å². The minimum atomic E-state index is 0.731. The van der Waals surface area contributed by atoms with Gasteiger partial charge in [-0.05, 0) is 55.2 Å². The van der Waals surface area contributed by atoms with E-state index in [0.29, 0.717) is 0 Å². The highest BCUT2D eigenvalue weighted by molar-refractivity contribution is 9.10. The van der Waals surface area contributed by atoms with Crippen molar-refractivity contribution in [3.63, 3.8) is 0 Å². The Hall–Kier alpha value is -1.76. The van der Waals surface area contributed by atoms with E-state index in [2.05, 4.69) is 56.6 Å². The van der Waals surface area contributed by atoms with Crippen LogP contribution in [0.5, 0.6) is 0 Å². The zero-order valence-corrected chi connectivity index (χ0v) is 17.8. The molecule has 0 spiro atoms. The largest absolute Gasteiger partial charge is 0.284 e. The van der Waals surface area contributed by atoms with Crippen LogP contribution >= 0.6 is 28.1 Å². The molecular weight excluding hydrogens is 420 g/mol. The van der Waals surface area contributed by atoms with Gasteiger partial charge in [0.05, 0.1) is 6.67 Å². The first kappa shape index (κ1) is 18.6. The lowest BCUT2D eigenvalue weighted by molar-refractivity contribution is 0.146. The Morgan fingerprint density at radius 3 is 2.52 bits per heavy atom. The van der Waals surface area contributed by atoms with Crippen molar-refractivity contribution < 1.29 is 0 Å². The van der Waals surface area contributed by atoms with Crippen LogP contribution in [0.4, 0.5) is 0 Å². The van der Waals surface area contributed by atoms with Gasteiger partial charge in [0.1, 0.15) is 0 Å². The number of nitrogens with zero attached hydrogens (tertiary/aromatic N) is 4. The van der Waals surface area contributed by atoms with Gasteiger partial charge in [0.2, 0.25) is 4.77 Å². The molecule has 3 aromatic rings. The molecule has 1 fully saturated rings. The van der Waals surface area contributed by atoms with Gasteiger partial charge in [-0.2, -0.15) is 0 Å². The SMILES string of the molecule is CC1CCN(Cn2nc(-c3cccc(Br)c3)n(-c3ccccc3)c2=S)CC1. The number of piperidine rings is 1. The average molecular weight is 443 g/mol. The van der Waals surface area contributed by atoms with E-state index in [1.807, 2.05) is 35.0 Å². The first-order chi connectivity index (χ1) is 13.1. The summed E-state index contributed by atoms with van der Waals surface area (Å²) in [6.45, 7) is 5.28. The highest BCUT2D eigenvalue weighted by Crippen LogP contribution is 2.26. The minimum Gasteiger partial charge on any atom is -0.284 e. The molecule has 1 aliphatic rings. The number of rotatable bonds is 4. The molecule has 0 amide bonds. The lowest BCUT2D eigenvalue weighted by Gasteiger charge is -2.29. The lowest BCUT2D eigenvalue weighted by atomic mass is 10.00. The minimum absolute atomic E-state index is 0.731. The van der Waals surface area contributed by atoms with E-state index in [-0.39, 0.29) is 0 Å². The summed E-state index contributed by atoms with van der Waals surface area (Å²) < 4.78 is 5.80. The number of benzene rings is 2. The summed E-state index contributed by atoms with van der Waals surface area (Å²) in [7, 11) is 0. The molecule has 2 heterocycles. The van der Waals surface area contributed by atoms with Gasteiger partial charge in [-0.3, -0.25) is 9.47 Å². The normalized spacial score (nSPS) is 15.9. The van der Waals surface area contributed by atoms with Crippen LogP contribution in [0, 0.1) is 10.7 Å². The van der Waals surface area contributed by atoms with Gasteiger partial charge in [0, 0.05) is 28.8 Å². The van der Waals surface area contributed by atoms with Crippen LogP contribution in [0.25, 0.3) is 17.1 Å². The summed E-state index contributed by atoms with van der Waals surface area (Å²) in [6.07, 6.45) is 2.48. The molecule has 27 heavy (non-hydrogen) atoms. The van der Waals surface area contributed by atoms with Gasteiger partial charge >= 0.3 is 0 Å². The number of para-hydroxylation sites is 1. The molecular formula is C21H23BrN4S. The van der Waals surface area contributed by atoms with Gasteiger partial charge < -0.3 is 0 Å². The molecule has 1 aliphatic heterocycles. The van der Waals surface area contributed by atoms with Crippen molar-refractivity contribution in [2.24, 2.45) is 5.92 Å². The maximum absolute atomic E-state index is 5.84. The molecule has 0 aliphatic carbocycles. The number of hydrogen-bond acceptors (Lipinski definition) is 3. The number of likely N-dealkylation sites (tertiary alicyclic amines) is 1. The van der Waals surface area contributed by atoms with Crippen LogP contribution < -0.4 is 0 Å². The fourth-order valence-corrected chi connectivity index (χ4v) is 4.21. The molecule has 0 bridgehead atoms.